The van der Waals surface area contributed by atoms with Crippen LogP contribution in [0.1, 0.15) is 5.56 Å². The van der Waals surface area contributed by atoms with Crippen molar-refractivity contribution in [1.29, 1.82) is 0 Å². The number of hydrogen-bond donors (Lipinski definition) is 1. The molecule has 2 aromatic rings. The van der Waals surface area contributed by atoms with E-state index in [-0.39, 0.29) is 5.91 Å². The monoisotopic (exact) mass is 431 g/mol. The number of anilines is 1. The molecule has 0 radical (unpaired) electrons. The highest BCUT2D eigenvalue weighted by Crippen LogP contribution is 2.32. The van der Waals surface area contributed by atoms with Gasteiger partial charge in [0, 0.05) is 37.2 Å². The van der Waals surface area contributed by atoms with E-state index in [1.54, 1.807) is 0 Å². The van der Waals surface area contributed by atoms with Crippen molar-refractivity contribution in [2.45, 2.75) is 6.54 Å². The lowest BCUT2D eigenvalue weighted by atomic mass is 10.1. The lowest BCUT2D eigenvalue weighted by Crippen LogP contribution is -2.48. The molecule has 6 nitrogen and oxygen atoms in total. The molecule has 1 fully saturated rings. The average molecular weight is 432 g/mol. The zero-order chi connectivity index (χ0) is 18.6. The first-order valence-corrected chi connectivity index (χ1v) is 9.84. The molecule has 0 saturated carbocycles. The van der Waals surface area contributed by atoms with E-state index < -0.39 is 0 Å². The summed E-state index contributed by atoms with van der Waals surface area (Å²) in [7, 11) is 0. The molecule has 2 aromatic carbocycles. The first-order chi connectivity index (χ1) is 13.2. The van der Waals surface area contributed by atoms with Gasteiger partial charge in [-0.15, -0.1) is 0 Å². The van der Waals surface area contributed by atoms with Crippen LogP contribution in [0.25, 0.3) is 0 Å². The normalized spacial score (nSPS) is 17.1. The van der Waals surface area contributed by atoms with E-state index in [2.05, 4.69) is 43.2 Å². The summed E-state index contributed by atoms with van der Waals surface area (Å²) < 4.78 is 11.7. The number of piperazine rings is 1. The maximum atomic E-state index is 12.3. The third-order valence-corrected chi connectivity index (χ3v) is 5.51. The highest BCUT2D eigenvalue weighted by molar-refractivity contribution is 9.10. The van der Waals surface area contributed by atoms with Crippen molar-refractivity contribution < 1.29 is 14.3 Å². The molecule has 1 saturated heterocycles. The van der Waals surface area contributed by atoms with E-state index >= 15 is 0 Å². The van der Waals surface area contributed by atoms with Crippen LogP contribution in [0.4, 0.5) is 5.69 Å². The van der Waals surface area contributed by atoms with Crippen LogP contribution in [-0.4, -0.2) is 55.2 Å². The van der Waals surface area contributed by atoms with Gasteiger partial charge in [-0.3, -0.25) is 14.6 Å². The molecule has 0 atom stereocenters. The van der Waals surface area contributed by atoms with Crippen LogP contribution in [0.5, 0.6) is 11.5 Å². The summed E-state index contributed by atoms with van der Waals surface area (Å²) in [6.45, 7) is 5.25. The van der Waals surface area contributed by atoms with Gasteiger partial charge in [-0.05, 0) is 45.8 Å². The van der Waals surface area contributed by atoms with Crippen molar-refractivity contribution >= 4 is 27.5 Å². The second kappa shape index (κ2) is 8.29. The molecule has 2 heterocycles. The molecule has 0 aliphatic carbocycles. The molecular formula is C20H22BrN3O3. The van der Waals surface area contributed by atoms with Crippen LogP contribution >= 0.6 is 15.9 Å². The summed E-state index contributed by atoms with van der Waals surface area (Å²) in [5.41, 5.74) is 2.03. The second-order valence-corrected chi connectivity index (χ2v) is 7.62. The zero-order valence-electron chi connectivity index (χ0n) is 15.0. The molecule has 0 bridgehead atoms. The SMILES string of the molecule is O=C(CN1CCN(Cc2ccc3c(c2)OCO3)CC1)Nc1ccccc1Br. The largest absolute Gasteiger partial charge is 0.454 e. The van der Waals surface area contributed by atoms with Crippen molar-refractivity contribution in [1.82, 2.24) is 9.80 Å². The minimum atomic E-state index is 0.0196. The van der Waals surface area contributed by atoms with Crippen LogP contribution in [0.3, 0.4) is 0 Å². The Morgan fingerprint density at radius 1 is 1.00 bits per heavy atom. The highest BCUT2D eigenvalue weighted by Gasteiger charge is 2.20. The predicted molar refractivity (Wildman–Crippen MR) is 107 cm³/mol. The van der Waals surface area contributed by atoms with Gasteiger partial charge < -0.3 is 14.8 Å². The summed E-state index contributed by atoms with van der Waals surface area (Å²) in [5, 5.41) is 2.97. The molecule has 27 heavy (non-hydrogen) atoms. The quantitative estimate of drug-likeness (QED) is 0.788. The fourth-order valence-electron chi connectivity index (χ4n) is 3.36. The minimum absolute atomic E-state index is 0.0196. The average Bonchev–Trinajstić information content (AvgIpc) is 3.13. The van der Waals surface area contributed by atoms with Crippen LogP contribution in [0.2, 0.25) is 0 Å². The van der Waals surface area contributed by atoms with E-state index in [4.69, 9.17) is 9.47 Å². The summed E-state index contributed by atoms with van der Waals surface area (Å²) in [5.74, 6) is 1.67. The molecule has 142 valence electrons. The van der Waals surface area contributed by atoms with Gasteiger partial charge in [0.2, 0.25) is 12.7 Å². The fraction of sp³-hybridized carbons (Fsp3) is 0.350. The number of halogens is 1. The van der Waals surface area contributed by atoms with Crippen LogP contribution in [0.15, 0.2) is 46.9 Å². The third-order valence-electron chi connectivity index (χ3n) is 4.82. The fourth-order valence-corrected chi connectivity index (χ4v) is 3.74. The van der Waals surface area contributed by atoms with Crippen molar-refractivity contribution in [3.05, 3.63) is 52.5 Å². The maximum Gasteiger partial charge on any atom is 0.238 e. The Morgan fingerprint density at radius 2 is 1.74 bits per heavy atom. The smallest absolute Gasteiger partial charge is 0.238 e. The first kappa shape index (κ1) is 18.3. The second-order valence-electron chi connectivity index (χ2n) is 6.77. The van der Waals surface area contributed by atoms with Gasteiger partial charge in [-0.1, -0.05) is 18.2 Å². The Labute approximate surface area is 167 Å². The summed E-state index contributed by atoms with van der Waals surface area (Å²) in [6, 6.07) is 13.8. The molecule has 0 spiro atoms. The van der Waals surface area contributed by atoms with E-state index in [9.17, 15) is 4.79 Å². The van der Waals surface area contributed by atoms with Gasteiger partial charge in [-0.2, -0.15) is 0 Å². The van der Waals surface area contributed by atoms with Crippen molar-refractivity contribution in [3.8, 4) is 11.5 Å². The van der Waals surface area contributed by atoms with Gasteiger partial charge in [0.15, 0.2) is 11.5 Å². The van der Waals surface area contributed by atoms with Gasteiger partial charge in [-0.25, -0.2) is 0 Å². The lowest BCUT2D eigenvalue weighted by molar-refractivity contribution is -0.117. The number of carbonyl (C=O) groups excluding carboxylic acids is 1. The lowest BCUT2D eigenvalue weighted by Gasteiger charge is -2.34. The molecule has 7 heteroatoms. The van der Waals surface area contributed by atoms with E-state index in [1.165, 1.54) is 5.56 Å². The number of rotatable bonds is 5. The number of nitrogens with one attached hydrogen (secondary N) is 1. The van der Waals surface area contributed by atoms with Crippen molar-refractivity contribution in [3.63, 3.8) is 0 Å². The zero-order valence-corrected chi connectivity index (χ0v) is 16.6. The number of benzene rings is 2. The van der Waals surface area contributed by atoms with Gasteiger partial charge in [0.25, 0.3) is 0 Å². The summed E-state index contributed by atoms with van der Waals surface area (Å²) >= 11 is 3.46. The first-order valence-electron chi connectivity index (χ1n) is 9.05. The summed E-state index contributed by atoms with van der Waals surface area (Å²) in [6.07, 6.45) is 0. The van der Waals surface area contributed by atoms with Crippen LogP contribution < -0.4 is 14.8 Å². The van der Waals surface area contributed by atoms with Gasteiger partial charge >= 0.3 is 0 Å². The standard InChI is InChI=1S/C20H22BrN3O3/c21-16-3-1-2-4-17(16)22-20(25)13-24-9-7-23(8-10-24)12-15-5-6-18-19(11-15)27-14-26-18/h1-6,11H,7-10,12-14H2,(H,22,25). The molecule has 1 N–H and O–H groups in total. The molecular weight excluding hydrogens is 410 g/mol. The molecule has 4 rings (SSSR count). The Morgan fingerprint density at radius 3 is 2.56 bits per heavy atom. The third kappa shape index (κ3) is 4.61. The molecule has 2 aliphatic heterocycles. The number of carbonyl (C=O) groups is 1. The Kier molecular flexibility index (Phi) is 5.61. The number of nitrogens with zero attached hydrogens (tertiary/aromatic N) is 2. The number of ether oxygens (including phenoxy) is 2. The predicted octanol–water partition coefficient (Wildman–Crippen LogP) is 2.93. The van der Waals surface area contributed by atoms with Crippen molar-refractivity contribution in [2.75, 3.05) is 44.8 Å². The van der Waals surface area contributed by atoms with Gasteiger partial charge in [0.05, 0.1) is 12.2 Å². The Balaban J connectivity index is 1.24. The Bertz CT molecular complexity index is 822. The number of para-hydroxylation sites is 1. The van der Waals surface area contributed by atoms with Gasteiger partial charge in [0.1, 0.15) is 0 Å². The number of hydrogen-bond acceptors (Lipinski definition) is 5. The molecule has 0 unspecified atom stereocenters. The molecule has 0 aromatic heterocycles. The van der Waals surface area contributed by atoms with E-state index in [0.717, 1.165) is 54.4 Å². The topological polar surface area (TPSA) is 54.0 Å². The number of fused-ring (bicyclic) bond motifs is 1. The summed E-state index contributed by atoms with van der Waals surface area (Å²) in [4.78, 5) is 16.9. The number of amides is 1. The maximum absolute atomic E-state index is 12.3. The van der Waals surface area contributed by atoms with Crippen LogP contribution in [0, 0.1) is 0 Å². The minimum Gasteiger partial charge on any atom is -0.454 e. The van der Waals surface area contributed by atoms with E-state index in [1.807, 2.05) is 30.3 Å². The highest BCUT2D eigenvalue weighted by atomic mass is 79.9. The van der Waals surface area contributed by atoms with E-state index in [0.29, 0.717) is 13.3 Å². The van der Waals surface area contributed by atoms with Crippen molar-refractivity contribution in [2.24, 2.45) is 0 Å². The Hall–Kier alpha value is -2.09. The molecule has 2 aliphatic rings. The van der Waals surface area contributed by atoms with Crippen LogP contribution in [-0.2, 0) is 11.3 Å². The molecule has 1 amide bonds.